The van der Waals surface area contributed by atoms with E-state index >= 15 is 0 Å². The van der Waals surface area contributed by atoms with Gasteiger partial charge in [-0.1, -0.05) is 0 Å². The van der Waals surface area contributed by atoms with Gasteiger partial charge in [-0.15, -0.1) is 0 Å². The number of nitrogens with two attached hydrogens (primary N) is 1. The maximum atomic E-state index is 12.1. The lowest BCUT2D eigenvalue weighted by molar-refractivity contribution is -0.00862. The highest BCUT2D eigenvalue weighted by molar-refractivity contribution is 5.95. The summed E-state index contributed by atoms with van der Waals surface area (Å²) in [6.45, 7) is 4.53. The molecule has 1 aliphatic carbocycles. The molecule has 0 aliphatic heterocycles. The van der Waals surface area contributed by atoms with Crippen molar-refractivity contribution in [3.05, 3.63) is 23.4 Å². The molecule has 1 amide bonds. The number of pyridine rings is 1. The van der Waals surface area contributed by atoms with Crippen LogP contribution in [0.5, 0.6) is 0 Å². The van der Waals surface area contributed by atoms with Crippen LogP contribution in [0.1, 0.15) is 35.8 Å². The van der Waals surface area contributed by atoms with Crippen LogP contribution in [-0.2, 0) is 4.74 Å². The molecule has 1 aromatic heterocycles. The first-order valence-corrected chi connectivity index (χ1v) is 6.50. The lowest BCUT2D eigenvalue weighted by Crippen LogP contribution is -2.47. The monoisotopic (exact) mass is 264 g/mol. The summed E-state index contributed by atoms with van der Waals surface area (Å²) in [4.78, 5) is 16.2. The Hall–Kier alpha value is -1.66. The zero-order valence-corrected chi connectivity index (χ0v) is 11.3. The molecule has 1 fully saturated rings. The van der Waals surface area contributed by atoms with Gasteiger partial charge in [0, 0.05) is 23.9 Å². The number of anilines is 1. The standard InChI is InChI=1S/C13H20N4O2/c1-3-19-11-6-10(7-11)16-13(18)9-4-8(2)15-12(5-9)17-14/h4-5,10-11H,3,6-7,14H2,1-2H3,(H,15,17)(H,16,18). The maximum Gasteiger partial charge on any atom is 0.251 e. The second-order valence-corrected chi connectivity index (χ2v) is 4.75. The number of hydrazine groups is 1. The van der Waals surface area contributed by atoms with Gasteiger partial charge in [-0.25, -0.2) is 10.8 Å². The SMILES string of the molecule is CCOC1CC(NC(=O)c2cc(C)nc(NN)c2)C1. The Morgan fingerprint density at radius 1 is 1.53 bits per heavy atom. The number of carbonyl (C=O) groups is 1. The molecule has 1 saturated carbocycles. The number of nitrogen functional groups attached to an aromatic ring is 1. The van der Waals surface area contributed by atoms with E-state index in [0.29, 0.717) is 11.4 Å². The van der Waals surface area contributed by atoms with Gasteiger partial charge in [0.25, 0.3) is 5.91 Å². The molecule has 2 rings (SSSR count). The summed E-state index contributed by atoms with van der Waals surface area (Å²) in [5, 5.41) is 2.98. The molecule has 0 bridgehead atoms. The molecule has 1 aromatic rings. The lowest BCUT2D eigenvalue weighted by atomic mass is 9.89. The topological polar surface area (TPSA) is 89.3 Å². The van der Waals surface area contributed by atoms with Gasteiger partial charge in [0.05, 0.1) is 6.10 Å². The predicted octanol–water partition coefficient (Wildman–Crippen LogP) is 0.973. The zero-order chi connectivity index (χ0) is 13.8. The molecule has 0 saturated heterocycles. The molecular formula is C13H20N4O2. The lowest BCUT2D eigenvalue weighted by Gasteiger charge is -2.35. The second kappa shape index (κ2) is 5.99. The fourth-order valence-corrected chi connectivity index (χ4v) is 2.20. The third kappa shape index (κ3) is 3.42. The summed E-state index contributed by atoms with van der Waals surface area (Å²) < 4.78 is 5.46. The third-order valence-corrected chi connectivity index (χ3v) is 3.20. The number of nitrogens with one attached hydrogen (secondary N) is 2. The van der Waals surface area contributed by atoms with Crippen molar-refractivity contribution in [2.24, 2.45) is 5.84 Å². The molecule has 0 radical (unpaired) electrons. The number of rotatable bonds is 5. The average Bonchev–Trinajstić information content (AvgIpc) is 2.35. The van der Waals surface area contributed by atoms with Gasteiger partial charge < -0.3 is 15.5 Å². The highest BCUT2D eigenvalue weighted by Crippen LogP contribution is 2.23. The summed E-state index contributed by atoms with van der Waals surface area (Å²) >= 11 is 0. The van der Waals surface area contributed by atoms with Crippen LogP contribution in [0, 0.1) is 6.92 Å². The van der Waals surface area contributed by atoms with E-state index in [2.05, 4.69) is 15.7 Å². The molecular weight excluding hydrogens is 244 g/mol. The summed E-state index contributed by atoms with van der Waals surface area (Å²) in [6.07, 6.45) is 2.05. The highest BCUT2D eigenvalue weighted by Gasteiger charge is 2.30. The van der Waals surface area contributed by atoms with Crippen LogP contribution in [0.2, 0.25) is 0 Å². The summed E-state index contributed by atoms with van der Waals surface area (Å²) in [6, 6.07) is 3.59. The zero-order valence-electron chi connectivity index (χ0n) is 11.3. The van der Waals surface area contributed by atoms with Gasteiger partial charge in [-0.3, -0.25) is 4.79 Å². The molecule has 0 spiro atoms. The van der Waals surface area contributed by atoms with Crippen molar-refractivity contribution in [1.29, 1.82) is 0 Å². The highest BCUT2D eigenvalue weighted by atomic mass is 16.5. The molecule has 0 unspecified atom stereocenters. The van der Waals surface area contributed by atoms with Crippen molar-refractivity contribution in [1.82, 2.24) is 10.3 Å². The van der Waals surface area contributed by atoms with E-state index in [9.17, 15) is 4.79 Å². The summed E-state index contributed by atoms with van der Waals surface area (Å²) in [5.41, 5.74) is 3.78. The fourth-order valence-electron chi connectivity index (χ4n) is 2.20. The van der Waals surface area contributed by atoms with Crippen LogP contribution in [0.4, 0.5) is 5.82 Å². The average molecular weight is 264 g/mol. The van der Waals surface area contributed by atoms with Gasteiger partial charge in [0.2, 0.25) is 0 Å². The van der Waals surface area contributed by atoms with Crippen LogP contribution in [-0.4, -0.2) is 29.6 Å². The number of amides is 1. The minimum atomic E-state index is -0.0954. The Balaban J connectivity index is 1.92. The van der Waals surface area contributed by atoms with Crippen LogP contribution in [0.25, 0.3) is 0 Å². The predicted molar refractivity (Wildman–Crippen MR) is 72.7 cm³/mol. The third-order valence-electron chi connectivity index (χ3n) is 3.20. The van der Waals surface area contributed by atoms with Crippen molar-refractivity contribution >= 4 is 11.7 Å². The van der Waals surface area contributed by atoms with E-state index in [4.69, 9.17) is 10.6 Å². The summed E-state index contributed by atoms with van der Waals surface area (Å²) in [7, 11) is 0. The van der Waals surface area contributed by atoms with E-state index in [1.165, 1.54) is 0 Å². The van der Waals surface area contributed by atoms with E-state index in [-0.39, 0.29) is 18.1 Å². The molecule has 0 atom stereocenters. The van der Waals surface area contributed by atoms with E-state index in [1.807, 2.05) is 13.8 Å². The van der Waals surface area contributed by atoms with Crippen LogP contribution in [0.3, 0.4) is 0 Å². The van der Waals surface area contributed by atoms with Crippen molar-refractivity contribution in [2.45, 2.75) is 38.8 Å². The Bertz CT molecular complexity index is 458. The number of hydrogen-bond donors (Lipinski definition) is 3. The van der Waals surface area contributed by atoms with E-state index in [1.54, 1.807) is 12.1 Å². The largest absolute Gasteiger partial charge is 0.378 e. The van der Waals surface area contributed by atoms with E-state index < -0.39 is 0 Å². The molecule has 6 heteroatoms. The first-order chi connectivity index (χ1) is 9.12. The quantitative estimate of drug-likeness (QED) is 0.545. The van der Waals surface area contributed by atoms with E-state index in [0.717, 1.165) is 25.1 Å². The first-order valence-electron chi connectivity index (χ1n) is 6.50. The molecule has 4 N–H and O–H groups in total. The minimum Gasteiger partial charge on any atom is -0.378 e. The summed E-state index contributed by atoms with van der Waals surface area (Å²) in [5.74, 6) is 5.71. The van der Waals surface area contributed by atoms with Gasteiger partial charge in [0.1, 0.15) is 5.82 Å². The van der Waals surface area contributed by atoms with Crippen molar-refractivity contribution in [3.63, 3.8) is 0 Å². The van der Waals surface area contributed by atoms with Gasteiger partial charge in [-0.2, -0.15) is 0 Å². The van der Waals surface area contributed by atoms with Gasteiger partial charge in [-0.05, 0) is 38.8 Å². The maximum absolute atomic E-state index is 12.1. The molecule has 1 heterocycles. The molecule has 6 nitrogen and oxygen atoms in total. The van der Waals surface area contributed by atoms with Crippen molar-refractivity contribution in [3.8, 4) is 0 Å². The Morgan fingerprint density at radius 3 is 2.89 bits per heavy atom. The van der Waals surface area contributed by atoms with Crippen LogP contribution < -0.4 is 16.6 Å². The number of hydrogen-bond acceptors (Lipinski definition) is 5. The second-order valence-electron chi connectivity index (χ2n) is 4.75. The molecule has 1 aliphatic rings. The fraction of sp³-hybridized carbons (Fsp3) is 0.538. The number of aromatic nitrogens is 1. The first kappa shape index (κ1) is 13.8. The number of nitrogens with zero attached hydrogens (tertiary/aromatic N) is 1. The Morgan fingerprint density at radius 2 is 2.26 bits per heavy atom. The number of ether oxygens (including phenoxy) is 1. The van der Waals surface area contributed by atoms with Crippen molar-refractivity contribution < 1.29 is 9.53 Å². The van der Waals surface area contributed by atoms with Gasteiger partial charge in [0.15, 0.2) is 0 Å². The Kier molecular flexibility index (Phi) is 4.34. The Labute approximate surface area is 112 Å². The van der Waals surface area contributed by atoms with Crippen molar-refractivity contribution in [2.75, 3.05) is 12.0 Å². The normalized spacial score (nSPS) is 21.6. The number of aryl methyl sites for hydroxylation is 1. The smallest absolute Gasteiger partial charge is 0.251 e. The van der Waals surface area contributed by atoms with Gasteiger partial charge >= 0.3 is 0 Å². The molecule has 104 valence electrons. The van der Waals surface area contributed by atoms with Crippen LogP contribution in [0.15, 0.2) is 12.1 Å². The number of carbonyl (C=O) groups excluding carboxylic acids is 1. The molecule has 19 heavy (non-hydrogen) atoms. The molecule has 0 aromatic carbocycles. The minimum absolute atomic E-state index is 0.0954. The van der Waals surface area contributed by atoms with Crippen LogP contribution >= 0.6 is 0 Å².